The Balaban J connectivity index is 0.00000264. The lowest BCUT2D eigenvalue weighted by atomic mass is 9.78. The van der Waals surface area contributed by atoms with Gasteiger partial charge in [0.2, 0.25) is 5.91 Å². The third-order valence-electron chi connectivity index (χ3n) is 4.59. The summed E-state index contributed by atoms with van der Waals surface area (Å²) in [5, 5.41) is 2.81. The molecule has 1 atom stereocenters. The normalized spacial score (nSPS) is 17.4. The fraction of sp³-hybridized carbons (Fsp3) is 0.588. The molecule has 1 aromatic carbocycles. The van der Waals surface area contributed by atoms with Crippen molar-refractivity contribution in [2.45, 2.75) is 56.9 Å². The van der Waals surface area contributed by atoms with E-state index in [9.17, 15) is 13.6 Å². The first-order valence-electron chi connectivity index (χ1n) is 7.98. The van der Waals surface area contributed by atoms with E-state index in [2.05, 4.69) is 5.32 Å². The fourth-order valence-electron chi connectivity index (χ4n) is 3.40. The van der Waals surface area contributed by atoms with E-state index in [0.717, 1.165) is 19.3 Å². The lowest BCUT2D eigenvalue weighted by molar-refractivity contribution is -0.122. The van der Waals surface area contributed by atoms with Crippen molar-refractivity contribution in [1.82, 2.24) is 5.32 Å². The second-order valence-corrected chi connectivity index (χ2v) is 6.20. The molecule has 3 N–H and O–H groups in total. The quantitative estimate of drug-likeness (QED) is 0.829. The molecule has 1 fully saturated rings. The lowest BCUT2D eigenvalue weighted by Gasteiger charge is -2.31. The maximum absolute atomic E-state index is 14.2. The summed E-state index contributed by atoms with van der Waals surface area (Å²) in [5.74, 6) is -1.31. The summed E-state index contributed by atoms with van der Waals surface area (Å²) in [4.78, 5) is 12.0. The first-order valence-corrected chi connectivity index (χ1v) is 7.98. The molecule has 0 bridgehead atoms. The van der Waals surface area contributed by atoms with E-state index in [-0.39, 0.29) is 30.4 Å². The van der Waals surface area contributed by atoms with Gasteiger partial charge in [-0.1, -0.05) is 32.3 Å². The molecule has 1 aromatic rings. The third kappa shape index (κ3) is 4.42. The van der Waals surface area contributed by atoms with E-state index < -0.39 is 23.1 Å². The summed E-state index contributed by atoms with van der Waals surface area (Å²) in [7, 11) is 0. The Kier molecular flexibility index (Phi) is 7.42. The monoisotopic (exact) mass is 346 g/mol. The number of rotatable bonds is 6. The maximum atomic E-state index is 14.2. The minimum Gasteiger partial charge on any atom is -0.354 e. The second-order valence-electron chi connectivity index (χ2n) is 6.20. The molecular weight excluding hydrogens is 322 g/mol. The lowest BCUT2D eigenvalue weighted by Crippen LogP contribution is -2.46. The first kappa shape index (κ1) is 19.8. The Labute approximate surface area is 142 Å². The van der Waals surface area contributed by atoms with Crippen LogP contribution in [-0.4, -0.2) is 18.5 Å². The van der Waals surface area contributed by atoms with Crippen molar-refractivity contribution in [3.05, 3.63) is 35.4 Å². The van der Waals surface area contributed by atoms with Gasteiger partial charge in [-0.05, 0) is 31.4 Å². The number of carbonyl (C=O) groups is 1. The predicted octanol–water partition coefficient (Wildman–Crippen LogP) is 3.44. The third-order valence-corrected chi connectivity index (χ3v) is 4.59. The van der Waals surface area contributed by atoms with Crippen LogP contribution >= 0.6 is 12.4 Å². The zero-order chi connectivity index (χ0) is 16.2. The molecule has 1 aliphatic carbocycles. The Hall–Kier alpha value is -1.20. The van der Waals surface area contributed by atoms with Crippen LogP contribution in [0.1, 0.15) is 51.0 Å². The van der Waals surface area contributed by atoms with Gasteiger partial charge in [0, 0.05) is 17.5 Å². The molecule has 1 saturated carbocycles. The van der Waals surface area contributed by atoms with Crippen molar-refractivity contribution in [1.29, 1.82) is 0 Å². The number of carbonyl (C=O) groups excluding carboxylic acids is 1. The maximum Gasteiger partial charge on any atom is 0.236 e. The average Bonchev–Trinajstić information content (AvgIpc) is 2.94. The van der Waals surface area contributed by atoms with Crippen LogP contribution in [-0.2, 0) is 10.2 Å². The number of hydrogen-bond donors (Lipinski definition) is 2. The molecule has 0 aliphatic heterocycles. The van der Waals surface area contributed by atoms with Crippen LogP contribution < -0.4 is 11.1 Å². The van der Waals surface area contributed by atoms with Gasteiger partial charge in [0.25, 0.3) is 0 Å². The van der Waals surface area contributed by atoms with Crippen molar-refractivity contribution in [3.8, 4) is 0 Å². The molecular formula is C17H25ClF2N2O. The van der Waals surface area contributed by atoms with E-state index >= 15 is 0 Å². The van der Waals surface area contributed by atoms with Crippen LogP contribution in [0.3, 0.4) is 0 Å². The second kappa shape index (κ2) is 8.60. The van der Waals surface area contributed by atoms with Crippen molar-refractivity contribution in [3.63, 3.8) is 0 Å². The summed E-state index contributed by atoms with van der Waals surface area (Å²) in [6, 6.07) is 3.37. The smallest absolute Gasteiger partial charge is 0.236 e. The highest BCUT2D eigenvalue weighted by molar-refractivity contribution is 5.85. The standard InChI is InChI=1S/C17H24F2N2O.ClH/c1-2-6-14(20)16(22)21-11-17(9-3-4-10-17)15-12(18)7-5-8-13(15)19;/h5,7-8,14H,2-4,6,9-11,20H2,1H3,(H,21,22);1H. The van der Waals surface area contributed by atoms with Gasteiger partial charge in [0.1, 0.15) is 11.6 Å². The molecule has 6 heteroatoms. The molecule has 1 aliphatic rings. The number of benzene rings is 1. The number of amides is 1. The number of nitrogens with two attached hydrogens (primary N) is 1. The van der Waals surface area contributed by atoms with Crippen LogP contribution in [0.25, 0.3) is 0 Å². The van der Waals surface area contributed by atoms with E-state index in [1.54, 1.807) is 0 Å². The van der Waals surface area contributed by atoms with Crippen LogP contribution in [0.4, 0.5) is 8.78 Å². The summed E-state index contributed by atoms with van der Waals surface area (Å²) < 4.78 is 28.3. The van der Waals surface area contributed by atoms with Gasteiger partial charge in [-0.2, -0.15) is 0 Å². The number of halogens is 3. The van der Waals surface area contributed by atoms with Crippen LogP contribution in [0.5, 0.6) is 0 Å². The highest BCUT2D eigenvalue weighted by Gasteiger charge is 2.40. The molecule has 0 spiro atoms. The van der Waals surface area contributed by atoms with Crippen molar-refractivity contribution in [2.24, 2.45) is 5.73 Å². The average molecular weight is 347 g/mol. The highest BCUT2D eigenvalue weighted by Crippen LogP contribution is 2.42. The van der Waals surface area contributed by atoms with Crippen LogP contribution in [0.15, 0.2) is 18.2 Å². The molecule has 0 radical (unpaired) electrons. The highest BCUT2D eigenvalue weighted by atomic mass is 35.5. The Morgan fingerprint density at radius 1 is 1.30 bits per heavy atom. The first-order chi connectivity index (χ1) is 10.5. The Bertz CT molecular complexity index is 513. The Morgan fingerprint density at radius 3 is 2.39 bits per heavy atom. The molecule has 0 saturated heterocycles. The summed E-state index contributed by atoms with van der Waals surface area (Å²) in [6.07, 6.45) is 4.59. The SMILES string of the molecule is CCCC(N)C(=O)NCC1(c2c(F)cccc2F)CCCC1.Cl. The van der Waals surface area contributed by atoms with E-state index in [1.807, 2.05) is 6.92 Å². The van der Waals surface area contributed by atoms with Crippen molar-refractivity contribution < 1.29 is 13.6 Å². The van der Waals surface area contributed by atoms with E-state index in [1.165, 1.54) is 18.2 Å². The largest absolute Gasteiger partial charge is 0.354 e. The van der Waals surface area contributed by atoms with Crippen molar-refractivity contribution in [2.75, 3.05) is 6.54 Å². The van der Waals surface area contributed by atoms with Crippen LogP contribution in [0.2, 0.25) is 0 Å². The fourth-order valence-corrected chi connectivity index (χ4v) is 3.40. The number of nitrogens with one attached hydrogen (secondary N) is 1. The summed E-state index contributed by atoms with van der Waals surface area (Å²) in [5.41, 5.74) is 5.25. The zero-order valence-electron chi connectivity index (χ0n) is 13.4. The van der Waals surface area contributed by atoms with E-state index in [0.29, 0.717) is 19.3 Å². The molecule has 130 valence electrons. The van der Waals surface area contributed by atoms with Gasteiger partial charge in [-0.3, -0.25) is 4.79 Å². The van der Waals surface area contributed by atoms with Gasteiger partial charge < -0.3 is 11.1 Å². The van der Waals surface area contributed by atoms with Gasteiger partial charge in [-0.25, -0.2) is 8.78 Å². The van der Waals surface area contributed by atoms with Crippen molar-refractivity contribution >= 4 is 18.3 Å². The molecule has 1 amide bonds. The molecule has 0 aromatic heterocycles. The van der Waals surface area contributed by atoms with Gasteiger partial charge >= 0.3 is 0 Å². The minimum atomic E-state index is -0.656. The zero-order valence-corrected chi connectivity index (χ0v) is 14.2. The molecule has 1 unspecified atom stereocenters. The Morgan fingerprint density at radius 2 is 1.87 bits per heavy atom. The molecule has 3 nitrogen and oxygen atoms in total. The topological polar surface area (TPSA) is 55.1 Å². The predicted molar refractivity (Wildman–Crippen MR) is 89.6 cm³/mol. The van der Waals surface area contributed by atoms with E-state index in [4.69, 9.17) is 5.73 Å². The molecule has 23 heavy (non-hydrogen) atoms. The minimum absolute atomic E-state index is 0. The molecule has 0 heterocycles. The van der Waals surface area contributed by atoms with Gasteiger partial charge in [0.05, 0.1) is 6.04 Å². The summed E-state index contributed by atoms with van der Waals surface area (Å²) in [6.45, 7) is 2.20. The summed E-state index contributed by atoms with van der Waals surface area (Å²) >= 11 is 0. The molecule has 2 rings (SSSR count). The van der Waals surface area contributed by atoms with Gasteiger partial charge in [-0.15, -0.1) is 12.4 Å². The van der Waals surface area contributed by atoms with Crippen LogP contribution in [0, 0.1) is 11.6 Å². The van der Waals surface area contributed by atoms with Gasteiger partial charge in [0.15, 0.2) is 0 Å². The number of hydrogen-bond acceptors (Lipinski definition) is 2.